The van der Waals surface area contributed by atoms with E-state index in [1.54, 1.807) is 30.7 Å². The summed E-state index contributed by atoms with van der Waals surface area (Å²) >= 11 is 6.13. The largest absolute Gasteiger partial charge is 0.348 e. The van der Waals surface area contributed by atoms with Crippen LogP contribution in [0.2, 0.25) is 5.02 Å². The topological polar surface area (TPSA) is 66.9 Å². The molecular weight excluding hydrogens is 336 g/mol. The smallest absolute Gasteiger partial charge is 0.251 e. The summed E-state index contributed by atoms with van der Waals surface area (Å²) in [6, 6.07) is 12.8. The number of carbonyl (C=O) groups is 1. The van der Waals surface area contributed by atoms with Gasteiger partial charge < -0.3 is 10.6 Å². The molecule has 3 aromatic rings. The number of halogens is 1. The van der Waals surface area contributed by atoms with Gasteiger partial charge in [-0.3, -0.25) is 9.78 Å². The summed E-state index contributed by atoms with van der Waals surface area (Å²) in [7, 11) is 0. The van der Waals surface area contributed by atoms with Crippen molar-refractivity contribution < 1.29 is 4.79 Å². The third-order valence-corrected chi connectivity index (χ3v) is 4.08. The Bertz CT molecular complexity index is 884. The first kappa shape index (κ1) is 16.9. The van der Waals surface area contributed by atoms with Gasteiger partial charge in [0, 0.05) is 41.4 Å². The minimum Gasteiger partial charge on any atom is -0.348 e. The average molecular weight is 353 g/mol. The van der Waals surface area contributed by atoms with Crippen molar-refractivity contribution in [3.05, 3.63) is 82.8 Å². The van der Waals surface area contributed by atoms with Crippen molar-refractivity contribution in [1.82, 2.24) is 15.3 Å². The third kappa shape index (κ3) is 4.55. The van der Waals surface area contributed by atoms with E-state index >= 15 is 0 Å². The minimum absolute atomic E-state index is 0.163. The van der Waals surface area contributed by atoms with Gasteiger partial charge in [0.15, 0.2) is 0 Å². The molecule has 25 heavy (non-hydrogen) atoms. The van der Waals surface area contributed by atoms with Crippen LogP contribution in [0.1, 0.15) is 21.5 Å². The Morgan fingerprint density at radius 1 is 1.08 bits per heavy atom. The van der Waals surface area contributed by atoms with Gasteiger partial charge in [0.25, 0.3) is 5.91 Å². The SMILES string of the molecule is Cc1ccc(Nc2cc(C(=O)NCc3ccncc3)ccn2)cc1Cl. The Balaban J connectivity index is 1.68. The molecule has 0 atom stereocenters. The van der Waals surface area contributed by atoms with Crippen molar-refractivity contribution in [2.45, 2.75) is 13.5 Å². The monoisotopic (exact) mass is 352 g/mol. The van der Waals surface area contributed by atoms with Crippen LogP contribution in [0.25, 0.3) is 0 Å². The lowest BCUT2D eigenvalue weighted by Gasteiger charge is -2.09. The molecule has 0 unspecified atom stereocenters. The molecule has 6 heteroatoms. The quantitative estimate of drug-likeness (QED) is 0.725. The normalized spacial score (nSPS) is 10.3. The van der Waals surface area contributed by atoms with Crippen molar-refractivity contribution in [3.8, 4) is 0 Å². The zero-order chi connectivity index (χ0) is 17.6. The fraction of sp³-hybridized carbons (Fsp3) is 0.105. The highest BCUT2D eigenvalue weighted by molar-refractivity contribution is 6.31. The van der Waals surface area contributed by atoms with Crippen LogP contribution < -0.4 is 10.6 Å². The van der Waals surface area contributed by atoms with Crippen molar-refractivity contribution in [2.75, 3.05) is 5.32 Å². The molecule has 0 aliphatic heterocycles. The predicted molar refractivity (Wildman–Crippen MR) is 99.1 cm³/mol. The van der Waals surface area contributed by atoms with E-state index < -0.39 is 0 Å². The van der Waals surface area contributed by atoms with Crippen LogP contribution in [0, 0.1) is 6.92 Å². The molecule has 3 rings (SSSR count). The highest BCUT2D eigenvalue weighted by Crippen LogP contribution is 2.22. The Morgan fingerprint density at radius 2 is 1.88 bits per heavy atom. The molecule has 1 amide bonds. The van der Waals surface area contributed by atoms with E-state index in [-0.39, 0.29) is 5.91 Å². The molecule has 0 aliphatic carbocycles. The highest BCUT2D eigenvalue weighted by Gasteiger charge is 2.07. The molecule has 0 fully saturated rings. The van der Waals surface area contributed by atoms with Gasteiger partial charge in [-0.2, -0.15) is 0 Å². The van der Waals surface area contributed by atoms with Crippen molar-refractivity contribution in [1.29, 1.82) is 0 Å². The molecule has 2 aromatic heterocycles. The highest BCUT2D eigenvalue weighted by atomic mass is 35.5. The average Bonchev–Trinajstić information content (AvgIpc) is 2.64. The summed E-state index contributed by atoms with van der Waals surface area (Å²) in [4.78, 5) is 20.5. The second kappa shape index (κ2) is 7.77. The van der Waals surface area contributed by atoms with E-state index in [2.05, 4.69) is 20.6 Å². The van der Waals surface area contributed by atoms with Crippen LogP contribution >= 0.6 is 11.6 Å². The number of nitrogens with one attached hydrogen (secondary N) is 2. The molecule has 0 radical (unpaired) electrons. The third-order valence-electron chi connectivity index (χ3n) is 3.67. The summed E-state index contributed by atoms with van der Waals surface area (Å²) in [6.45, 7) is 2.39. The number of nitrogens with zero attached hydrogens (tertiary/aromatic N) is 2. The maximum absolute atomic E-state index is 12.3. The zero-order valence-electron chi connectivity index (χ0n) is 13.7. The fourth-order valence-corrected chi connectivity index (χ4v) is 2.42. The lowest BCUT2D eigenvalue weighted by Crippen LogP contribution is -2.22. The van der Waals surface area contributed by atoms with E-state index in [1.165, 1.54) is 0 Å². The zero-order valence-corrected chi connectivity index (χ0v) is 14.4. The van der Waals surface area contributed by atoms with Gasteiger partial charge in [0.1, 0.15) is 5.82 Å². The lowest BCUT2D eigenvalue weighted by atomic mass is 10.2. The Kier molecular flexibility index (Phi) is 5.26. The standard InChI is InChI=1S/C19H17ClN4O/c1-13-2-3-16(11-17(13)20)24-18-10-15(6-9-22-18)19(25)23-12-14-4-7-21-8-5-14/h2-11H,12H2,1H3,(H,22,24)(H,23,25). The van der Waals surface area contributed by atoms with E-state index in [0.717, 1.165) is 16.8 Å². The molecule has 0 saturated heterocycles. The van der Waals surface area contributed by atoms with Crippen molar-refractivity contribution in [2.24, 2.45) is 0 Å². The second-order valence-electron chi connectivity index (χ2n) is 5.56. The molecule has 5 nitrogen and oxygen atoms in total. The number of benzene rings is 1. The maximum Gasteiger partial charge on any atom is 0.251 e. The van der Waals surface area contributed by atoms with Crippen LogP contribution in [0.4, 0.5) is 11.5 Å². The Hall–Kier alpha value is -2.92. The van der Waals surface area contributed by atoms with Crippen LogP contribution in [-0.4, -0.2) is 15.9 Å². The van der Waals surface area contributed by atoms with Gasteiger partial charge in [-0.25, -0.2) is 4.98 Å². The molecular formula is C19H17ClN4O. The van der Waals surface area contributed by atoms with Gasteiger partial charge in [0.05, 0.1) is 0 Å². The summed E-state index contributed by atoms with van der Waals surface area (Å²) in [5.41, 5.74) is 3.34. The first-order chi connectivity index (χ1) is 12.1. The number of aryl methyl sites for hydroxylation is 1. The van der Waals surface area contributed by atoms with Crippen molar-refractivity contribution >= 4 is 29.0 Å². The van der Waals surface area contributed by atoms with Gasteiger partial charge in [0.2, 0.25) is 0 Å². The summed E-state index contributed by atoms with van der Waals surface area (Å²) in [6.07, 6.45) is 4.99. The van der Waals surface area contributed by atoms with Crippen LogP contribution in [-0.2, 0) is 6.54 Å². The number of rotatable bonds is 5. The molecule has 2 N–H and O–H groups in total. The van der Waals surface area contributed by atoms with Gasteiger partial charge >= 0.3 is 0 Å². The fourth-order valence-electron chi connectivity index (χ4n) is 2.24. The molecule has 126 valence electrons. The minimum atomic E-state index is -0.163. The summed E-state index contributed by atoms with van der Waals surface area (Å²) in [5, 5.41) is 6.71. The number of pyridine rings is 2. The molecule has 2 heterocycles. The van der Waals surface area contributed by atoms with Gasteiger partial charge in [-0.05, 0) is 54.4 Å². The van der Waals surface area contributed by atoms with E-state index in [4.69, 9.17) is 11.6 Å². The van der Waals surface area contributed by atoms with Crippen molar-refractivity contribution in [3.63, 3.8) is 0 Å². The summed E-state index contributed by atoms with van der Waals surface area (Å²) < 4.78 is 0. The van der Waals surface area contributed by atoms with Gasteiger partial charge in [-0.15, -0.1) is 0 Å². The molecule has 1 aromatic carbocycles. The number of aromatic nitrogens is 2. The number of hydrogen-bond acceptors (Lipinski definition) is 4. The van der Waals surface area contributed by atoms with E-state index in [9.17, 15) is 4.79 Å². The van der Waals surface area contributed by atoms with Crippen LogP contribution in [0.3, 0.4) is 0 Å². The Morgan fingerprint density at radius 3 is 2.64 bits per heavy atom. The van der Waals surface area contributed by atoms with E-state index in [0.29, 0.717) is 22.9 Å². The van der Waals surface area contributed by atoms with Gasteiger partial charge in [-0.1, -0.05) is 17.7 Å². The number of hydrogen-bond donors (Lipinski definition) is 2. The van der Waals surface area contributed by atoms with Crippen LogP contribution in [0.15, 0.2) is 61.1 Å². The number of amides is 1. The summed E-state index contributed by atoms with van der Waals surface area (Å²) in [5.74, 6) is 0.417. The second-order valence-corrected chi connectivity index (χ2v) is 5.96. The van der Waals surface area contributed by atoms with Crippen LogP contribution in [0.5, 0.6) is 0 Å². The first-order valence-corrected chi connectivity index (χ1v) is 8.16. The Labute approximate surface area is 151 Å². The number of anilines is 2. The maximum atomic E-state index is 12.3. The molecule has 0 spiro atoms. The lowest BCUT2D eigenvalue weighted by molar-refractivity contribution is 0.0951. The first-order valence-electron chi connectivity index (χ1n) is 7.78. The molecule has 0 saturated carbocycles. The number of carbonyl (C=O) groups excluding carboxylic acids is 1. The predicted octanol–water partition coefficient (Wildman–Crippen LogP) is 4.11. The molecule has 0 bridgehead atoms. The van der Waals surface area contributed by atoms with E-state index in [1.807, 2.05) is 37.3 Å². The molecule has 0 aliphatic rings.